The molecule has 1 saturated heterocycles. The van der Waals surface area contributed by atoms with Crippen LogP contribution in [0.4, 0.5) is 13.2 Å². The fourth-order valence-corrected chi connectivity index (χ4v) is 2.57. The monoisotopic (exact) mass is 286 g/mol. The van der Waals surface area contributed by atoms with Gasteiger partial charge in [-0.2, -0.15) is 0 Å². The number of nitrogens with one attached hydrogen (secondary N) is 1. The second-order valence-corrected chi connectivity index (χ2v) is 5.28. The van der Waals surface area contributed by atoms with Crippen LogP contribution in [0.3, 0.4) is 0 Å². The van der Waals surface area contributed by atoms with E-state index in [1.807, 2.05) is 0 Å². The van der Waals surface area contributed by atoms with E-state index < -0.39 is 17.5 Å². The number of nitrogens with zero attached hydrogens (tertiary/aromatic N) is 1. The van der Waals surface area contributed by atoms with Crippen LogP contribution in [0.15, 0.2) is 12.1 Å². The molecule has 1 fully saturated rings. The zero-order valence-electron chi connectivity index (χ0n) is 11.6. The van der Waals surface area contributed by atoms with Crippen LogP contribution in [-0.2, 0) is 6.54 Å². The highest BCUT2D eigenvalue weighted by Crippen LogP contribution is 2.14. The standard InChI is InChI=1S/C15H21F3N2/c16-12-9-14(17)13(15(18)10-12)11-19-5-4-8-20-6-2-1-3-7-20/h9-10,19H,1-8,11H2. The molecule has 1 aromatic carbocycles. The maximum absolute atomic E-state index is 13.4. The highest BCUT2D eigenvalue weighted by atomic mass is 19.1. The minimum absolute atomic E-state index is 0.0932. The van der Waals surface area contributed by atoms with Gasteiger partial charge in [0.15, 0.2) is 0 Å². The van der Waals surface area contributed by atoms with Gasteiger partial charge in [0.25, 0.3) is 0 Å². The summed E-state index contributed by atoms with van der Waals surface area (Å²) in [5.74, 6) is -2.54. The number of halogens is 3. The normalized spacial score (nSPS) is 16.6. The average Bonchev–Trinajstić information content (AvgIpc) is 2.42. The molecule has 0 bridgehead atoms. The van der Waals surface area contributed by atoms with E-state index in [9.17, 15) is 13.2 Å². The number of hydrogen-bond donors (Lipinski definition) is 1. The average molecular weight is 286 g/mol. The van der Waals surface area contributed by atoms with Gasteiger partial charge in [-0.05, 0) is 45.4 Å². The molecule has 2 nitrogen and oxygen atoms in total. The Bertz CT molecular complexity index is 408. The van der Waals surface area contributed by atoms with Crippen LogP contribution in [0.1, 0.15) is 31.2 Å². The van der Waals surface area contributed by atoms with E-state index in [0.717, 1.165) is 26.1 Å². The maximum Gasteiger partial charge on any atom is 0.133 e. The summed E-state index contributed by atoms with van der Waals surface area (Å²) in [5, 5.41) is 3.01. The number of piperidine rings is 1. The number of hydrogen-bond acceptors (Lipinski definition) is 2. The SMILES string of the molecule is Fc1cc(F)c(CNCCCN2CCCCC2)c(F)c1. The largest absolute Gasteiger partial charge is 0.312 e. The van der Waals surface area contributed by atoms with Crippen LogP contribution >= 0.6 is 0 Å². The fraction of sp³-hybridized carbons (Fsp3) is 0.600. The second-order valence-electron chi connectivity index (χ2n) is 5.28. The molecule has 0 aromatic heterocycles. The summed E-state index contributed by atoms with van der Waals surface area (Å²) in [6.07, 6.45) is 4.79. The van der Waals surface area contributed by atoms with Gasteiger partial charge in [0.2, 0.25) is 0 Å². The van der Waals surface area contributed by atoms with Gasteiger partial charge in [-0.1, -0.05) is 6.42 Å². The van der Waals surface area contributed by atoms with Crippen LogP contribution in [0.5, 0.6) is 0 Å². The first kappa shape index (κ1) is 15.3. The third kappa shape index (κ3) is 4.49. The first-order valence-electron chi connectivity index (χ1n) is 7.23. The Morgan fingerprint density at radius 1 is 1.00 bits per heavy atom. The highest BCUT2D eigenvalue weighted by Gasteiger charge is 2.11. The number of benzene rings is 1. The van der Waals surface area contributed by atoms with Gasteiger partial charge < -0.3 is 10.2 Å². The van der Waals surface area contributed by atoms with E-state index in [1.54, 1.807) is 0 Å². The summed E-state index contributed by atoms with van der Waals surface area (Å²) >= 11 is 0. The lowest BCUT2D eigenvalue weighted by molar-refractivity contribution is 0.225. The summed E-state index contributed by atoms with van der Waals surface area (Å²) in [4.78, 5) is 2.42. The van der Waals surface area contributed by atoms with Gasteiger partial charge in [-0.25, -0.2) is 13.2 Å². The Labute approximate surface area is 118 Å². The molecule has 1 aromatic rings. The molecular formula is C15H21F3N2. The number of rotatable bonds is 6. The van der Waals surface area contributed by atoms with Crippen LogP contribution in [-0.4, -0.2) is 31.1 Å². The molecule has 112 valence electrons. The van der Waals surface area contributed by atoms with Crippen molar-refractivity contribution in [3.63, 3.8) is 0 Å². The summed E-state index contributed by atoms with van der Waals surface area (Å²) in [7, 11) is 0. The molecule has 20 heavy (non-hydrogen) atoms. The Hall–Kier alpha value is -1.07. The summed E-state index contributed by atoms with van der Waals surface area (Å²) in [6.45, 7) is 4.12. The quantitative estimate of drug-likeness (QED) is 0.809. The fourth-order valence-electron chi connectivity index (χ4n) is 2.57. The molecular weight excluding hydrogens is 265 g/mol. The molecule has 0 aliphatic carbocycles. The summed E-state index contributed by atoms with van der Waals surface area (Å²) < 4.78 is 39.5. The molecule has 0 amide bonds. The predicted octanol–water partition coefficient (Wildman–Crippen LogP) is 3.07. The maximum atomic E-state index is 13.4. The van der Waals surface area contributed by atoms with Gasteiger partial charge >= 0.3 is 0 Å². The van der Waals surface area contributed by atoms with Crippen molar-refractivity contribution in [2.45, 2.75) is 32.2 Å². The summed E-state index contributed by atoms with van der Waals surface area (Å²) in [5.41, 5.74) is -0.0932. The lowest BCUT2D eigenvalue weighted by Gasteiger charge is -2.26. The minimum atomic E-state index is -0.881. The third-order valence-corrected chi connectivity index (χ3v) is 3.68. The van der Waals surface area contributed by atoms with Gasteiger partial charge in [-0.3, -0.25) is 0 Å². The minimum Gasteiger partial charge on any atom is -0.312 e. The number of likely N-dealkylation sites (tertiary alicyclic amines) is 1. The molecule has 0 atom stereocenters. The van der Waals surface area contributed by atoms with E-state index >= 15 is 0 Å². The van der Waals surface area contributed by atoms with Gasteiger partial charge in [0.05, 0.1) is 0 Å². The van der Waals surface area contributed by atoms with Crippen molar-refractivity contribution >= 4 is 0 Å². The molecule has 0 saturated carbocycles. The van der Waals surface area contributed by atoms with Crippen LogP contribution < -0.4 is 5.32 Å². The molecule has 1 aliphatic heterocycles. The van der Waals surface area contributed by atoms with E-state index in [4.69, 9.17) is 0 Å². The van der Waals surface area contributed by atoms with E-state index in [1.165, 1.54) is 19.3 Å². The molecule has 0 unspecified atom stereocenters. The van der Waals surface area contributed by atoms with Crippen molar-refractivity contribution in [3.05, 3.63) is 35.1 Å². The van der Waals surface area contributed by atoms with E-state index in [0.29, 0.717) is 18.7 Å². The summed E-state index contributed by atoms with van der Waals surface area (Å²) in [6, 6.07) is 1.43. The van der Waals surface area contributed by atoms with Crippen LogP contribution in [0, 0.1) is 17.5 Å². The Morgan fingerprint density at radius 2 is 1.65 bits per heavy atom. The molecule has 1 heterocycles. The molecule has 0 radical (unpaired) electrons. The van der Waals surface area contributed by atoms with E-state index in [2.05, 4.69) is 10.2 Å². The van der Waals surface area contributed by atoms with Crippen LogP contribution in [0.2, 0.25) is 0 Å². The molecule has 0 spiro atoms. The van der Waals surface area contributed by atoms with Gasteiger partial charge in [0, 0.05) is 24.2 Å². The lowest BCUT2D eigenvalue weighted by atomic mass is 10.1. The highest BCUT2D eigenvalue weighted by molar-refractivity contribution is 5.20. The Morgan fingerprint density at radius 3 is 2.30 bits per heavy atom. The van der Waals surface area contributed by atoms with Gasteiger partial charge in [0.1, 0.15) is 17.5 Å². The topological polar surface area (TPSA) is 15.3 Å². The molecule has 1 N–H and O–H groups in total. The lowest BCUT2D eigenvalue weighted by Crippen LogP contribution is -2.32. The first-order chi connectivity index (χ1) is 9.66. The Balaban J connectivity index is 1.68. The molecule has 1 aliphatic rings. The van der Waals surface area contributed by atoms with Crippen molar-refractivity contribution < 1.29 is 13.2 Å². The molecule has 5 heteroatoms. The van der Waals surface area contributed by atoms with Crippen molar-refractivity contribution in [1.82, 2.24) is 10.2 Å². The van der Waals surface area contributed by atoms with E-state index in [-0.39, 0.29) is 12.1 Å². The van der Waals surface area contributed by atoms with Crippen LogP contribution in [0.25, 0.3) is 0 Å². The van der Waals surface area contributed by atoms with Crippen molar-refractivity contribution in [2.75, 3.05) is 26.2 Å². The van der Waals surface area contributed by atoms with Crippen molar-refractivity contribution in [1.29, 1.82) is 0 Å². The van der Waals surface area contributed by atoms with Crippen molar-refractivity contribution in [2.24, 2.45) is 0 Å². The second kappa shape index (κ2) is 7.64. The smallest absolute Gasteiger partial charge is 0.133 e. The zero-order chi connectivity index (χ0) is 14.4. The Kier molecular flexibility index (Phi) is 5.86. The zero-order valence-corrected chi connectivity index (χ0v) is 11.6. The first-order valence-corrected chi connectivity index (χ1v) is 7.23. The predicted molar refractivity (Wildman–Crippen MR) is 72.9 cm³/mol. The van der Waals surface area contributed by atoms with Crippen molar-refractivity contribution in [3.8, 4) is 0 Å². The molecule has 2 rings (SSSR count). The third-order valence-electron chi connectivity index (χ3n) is 3.68. The van der Waals surface area contributed by atoms with Gasteiger partial charge in [-0.15, -0.1) is 0 Å².